The van der Waals surface area contributed by atoms with Crippen LogP contribution in [0.15, 0.2) is 12.3 Å². The van der Waals surface area contributed by atoms with Crippen molar-refractivity contribution in [3.63, 3.8) is 0 Å². The number of nitrogens with two attached hydrogens (primary N) is 1. The van der Waals surface area contributed by atoms with Crippen molar-refractivity contribution >= 4 is 5.91 Å². The van der Waals surface area contributed by atoms with E-state index in [1.165, 1.54) is 6.42 Å². The average Bonchev–Trinajstić information content (AvgIpc) is 2.86. The number of hydrogen-bond donors (Lipinski definition) is 3. The van der Waals surface area contributed by atoms with Gasteiger partial charge < -0.3 is 16.0 Å². The predicted molar refractivity (Wildman–Crippen MR) is 63.2 cm³/mol. The van der Waals surface area contributed by atoms with Crippen LogP contribution in [0.2, 0.25) is 0 Å². The molecule has 0 spiro atoms. The fraction of sp³-hybridized carbons (Fsp3) is 0.583. The van der Waals surface area contributed by atoms with E-state index in [2.05, 4.69) is 10.3 Å². The molecule has 16 heavy (non-hydrogen) atoms. The highest BCUT2D eigenvalue weighted by Crippen LogP contribution is 2.24. The molecule has 1 aliphatic carbocycles. The van der Waals surface area contributed by atoms with E-state index in [1.54, 1.807) is 6.20 Å². The number of aryl methyl sites for hydroxylation is 1. The van der Waals surface area contributed by atoms with E-state index >= 15 is 0 Å². The summed E-state index contributed by atoms with van der Waals surface area (Å²) >= 11 is 0. The Morgan fingerprint density at radius 1 is 1.62 bits per heavy atom. The molecular weight excluding hydrogens is 202 g/mol. The van der Waals surface area contributed by atoms with Crippen LogP contribution in [0, 0.1) is 12.8 Å². The van der Waals surface area contributed by atoms with Gasteiger partial charge in [0.2, 0.25) is 0 Å². The summed E-state index contributed by atoms with van der Waals surface area (Å²) in [4.78, 5) is 15.0. The number of nitrogens with one attached hydrogen (secondary N) is 2. The minimum absolute atomic E-state index is 0.0177. The van der Waals surface area contributed by atoms with Gasteiger partial charge in [-0.25, -0.2) is 0 Å². The highest BCUT2D eigenvalue weighted by Gasteiger charge is 2.27. The molecule has 2 rings (SSSR count). The number of amides is 1. The number of rotatable bonds is 3. The summed E-state index contributed by atoms with van der Waals surface area (Å²) in [6.07, 6.45) is 5.14. The second kappa shape index (κ2) is 4.70. The molecule has 1 fully saturated rings. The molecule has 1 saturated carbocycles. The molecule has 0 aromatic carbocycles. The van der Waals surface area contributed by atoms with Crippen molar-refractivity contribution in [3.05, 3.63) is 23.5 Å². The largest absolute Gasteiger partial charge is 0.365 e. The Bertz CT molecular complexity index is 372. The van der Waals surface area contributed by atoms with Crippen molar-refractivity contribution < 1.29 is 4.79 Å². The van der Waals surface area contributed by atoms with Gasteiger partial charge in [0.1, 0.15) is 0 Å². The molecule has 4 nitrogen and oxygen atoms in total. The van der Waals surface area contributed by atoms with Crippen LogP contribution in [0.25, 0.3) is 0 Å². The second-order valence-corrected chi connectivity index (χ2v) is 4.52. The summed E-state index contributed by atoms with van der Waals surface area (Å²) in [5.41, 5.74) is 7.35. The van der Waals surface area contributed by atoms with Gasteiger partial charge >= 0.3 is 0 Å². The molecule has 4 N–H and O–H groups in total. The minimum Gasteiger partial charge on any atom is -0.365 e. The standard InChI is InChI=1S/C12H19N3O/c1-8-10(5-6-14-8)12(16)15-11-4-2-3-9(11)7-13/h5-6,9,11,14H,2-4,7,13H2,1H3,(H,15,16). The van der Waals surface area contributed by atoms with E-state index in [0.29, 0.717) is 12.5 Å². The first kappa shape index (κ1) is 11.2. The van der Waals surface area contributed by atoms with E-state index in [-0.39, 0.29) is 11.9 Å². The fourth-order valence-electron chi connectivity index (χ4n) is 2.45. The van der Waals surface area contributed by atoms with Crippen molar-refractivity contribution in [2.24, 2.45) is 11.7 Å². The van der Waals surface area contributed by atoms with Crippen LogP contribution in [0.1, 0.15) is 35.3 Å². The van der Waals surface area contributed by atoms with E-state index in [9.17, 15) is 4.79 Å². The lowest BCUT2D eigenvalue weighted by Gasteiger charge is -2.19. The van der Waals surface area contributed by atoms with Gasteiger partial charge in [-0.3, -0.25) is 4.79 Å². The molecule has 1 aromatic rings. The molecule has 0 bridgehead atoms. The molecule has 1 aromatic heterocycles. The van der Waals surface area contributed by atoms with E-state index in [4.69, 9.17) is 5.73 Å². The molecule has 0 saturated heterocycles. The molecular formula is C12H19N3O. The van der Waals surface area contributed by atoms with Gasteiger partial charge in [0.05, 0.1) is 5.56 Å². The molecule has 0 aliphatic heterocycles. The third kappa shape index (κ3) is 2.11. The second-order valence-electron chi connectivity index (χ2n) is 4.52. The van der Waals surface area contributed by atoms with Crippen molar-refractivity contribution in [1.82, 2.24) is 10.3 Å². The Kier molecular flexibility index (Phi) is 3.29. The van der Waals surface area contributed by atoms with Crippen LogP contribution in [0.4, 0.5) is 0 Å². The van der Waals surface area contributed by atoms with Crippen LogP contribution in [-0.2, 0) is 0 Å². The number of carbonyl (C=O) groups excluding carboxylic acids is 1. The Morgan fingerprint density at radius 2 is 2.44 bits per heavy atom. The first-order valence-electron chi connectivity index (χ1n) is 5.87. The first-order valence-corrected chi connectivity index (χ1v) is 5.87. The number of H-pyrrole nitrogens is 1. The Hall–Kier alpha value is -1.29. The summed E-state index contributed by atoms with van der Waals surface area (Å²) in [6.45, 7) is 2.57. The van der Waals surface area contributed by atoms with Gasteiger partial charge in [-0.05, 0) is 38.3 Å². The number of aromatic amines is 1. The monoisotopic (exact) mass is 221 g/mol. The van der Waals surface area contributed by atoms with Crippen LogP contribution >= 0.6 is 0 Å². The highest BCUT2D eigenvalue weighted by atomic mass is 16.1. The van der Waals surface area contributed by atoms with Crippen LogP contribution in [0.3, 0.4) is 0 Å². The summed E-state index contributed by atoms with van der Waals surface area (Å²) in [5, 5.41) is 3.08. The van der Waals surface area contributed by atoms with Gasteiger partial charge in [0.15, 0.2) is 0 Å². The molecule has 2 atom stereocenters. The smallest absolute Gasteiger partial charge is 0.253 e. The number of aromatic nitrogens is 1. The lowest BCUT2D eigenvalue weighted by atomic mass is 10.0. The lowest BCUT2D eigenvalue weighted by Crippen LogP contribution is -2.39. The topological polar surface area (TPSA) is 70.9 Å². The van der Waals surface area contributed by atoms with Gasteiger partial charge in [0.25, 0.3) is 5.91 Å². The summed E-state index contributed by atoms with van der Waals surface area (Å²) in [5.74, 6) is 0.465. The molecule has 1 aliphatic rings. The molecule has 88 valence electrons. The maximum atomic E-state index is 12.0. The van der Waals surface area contributed by atoms with Crippen molar-refractivity contribution in [2.75, 3.05) is 6.54 Å². The number of carbonyl (C=O) groups is 1. The molecule has 0 radical (unpaired) electrons. The Morgan fingerprint density at radius 3 is 3.06 bits per heavy atom. The fourth-order valence-corrected chi connectivity index (χ4v) is 2.45. The third-order valence-electron chi connectivity index (χ3n) is 3.48. The summed E-state index contributed by atoms with van der Waals surface area (Å²) < 4.78 is 0. The highest BCUT2D eigenvalue weighted by molar-refractivity contribution is 5.95. The zero-order valence-corrected chi connectivity index (χ0v) is 9.62. The van der Waals surface area contributed by atoms with Gasteiger partial charge in [-0.15, -0.1) is 0 Å². The van der Waals surface area contributed by atoms with Gasteiger partial charge in [-0.2, -0.15) is 0 Å². The molecule has 2 unspecified atom stereocenters. The van der Waals surface area contributed by atoms with E-state index in [0.717, 1.165) is 24.1 Å². The Balaban J connectivity index is 2.00. The predicted octanol–water partition coefficient (Wildman–Crippen LogP) is 1.18. The summed E-state index contributed by atoms with van der Waals surface area (Å²) in [6, 6.07) is 2.07. The lowest BCUT2D eigenvalue weighted by molar-refractivity contribution is 0.0928. The van der Waals surface area contributed by atoms with Gasteiger partial charge in [0, 0.05) is 17.9 Å². The molecule has 1 amide bonds. The molecule has 1 heterocycles. The van der Waals surface area contributed by atoms with Crippen molar-refractivity contribution in [2.45, 2.75) is 32.2 Å². The zero-order chi connectivity index (χ0) is 11.5. The quantitative estimate of drug-likeness (QED) is 0.717. The van der Waals surface area contributed by atoms with E-state index in [1.807, 2.05) is 13.0 Å². The summed E-state index contributed by atoms with van der Waals surface area (Å²) in [7, 11) is 0. The van der Waals surface area contributed by atoms with Crippen LogP contribution < -0.4 is 11.1 Å². The molecule has 4 heteroatoms. The third-order valence-corrected chi connectivity index (χ3v) is 3.48. The first-order chi connectivity index (χ1) is 7.72. The average molecular weight is 221 g/mol. The maximum absolute atomic E-state index is 12.0. The van der Waals surface area contributed by atoms with Crippen molar-refractivity contribution in [1.29, 1.82) is 0 Å². The maximum Gasteiger partial charge on any atom is 0.253 e. The normalized spacial score (nSPS) is 24.6. The van der Waals surface area contributed by atoms with Crippen LogP contribution in [-0.4, -0.2) is 23.5 Å². The SMILES string of the molecule is Cc1[nH]ccc1C(=O)NC1CCCC1CN. The van der Waals surface area contributed by atoms with E-state index < -0.39 is 0 Å². The Labute approximate surface area is 95.6 Å². The zero-order valence-electron chi connectivity index (χ0n) is 9.62. The van der Waals surface area contributed by atoms with Crippen molar-refractivity contribution in [3.8, 4) is 0 Å². The minimum atomic E-state index is 0.0177. The van der Waals surface area contributed by atoms with Gasteiger partial charge in [-0.1, -0.05) is 6.42 Å². The number of hydrogen-bond acceptors (Lipinski definition) is 2. The van der Waals surface area contributed by atoms with Crippen LogP contribution in [0.5, 0.6) is 0 Å².